The van der Waals surface area contributed by atoms with E-state index in [-0.39, 0.29) is 0 Å². The predicted molar refractivity (Wildman–Crippen MR) is 61.8 cm³/mol. The van der Waals surface area contributed by atoms with Crippen LogP contribution in [0.3, 0.4) is 0 Å². The number of hydrogen-bond acceptors (Lipinski definition) is 1. The third-order valence-electron chi connectivity index (χ3n) is 3.25. The smallest absolute Gasteiger partial charge is 0.136 e. The fraction of sp³-hybridized carbons (Fsp3) is 0.500. The largest absolute Gasteiger partial charge is 0.299 e. The normalized spacial score (nSPS) is 21.7. The van der Waals surface area contributed by atoms with Crippen molar-refractivity contribution in [1.82, 2.24) is 0 Å². The number of hydrogen-bond donors (Lipinski definition) is 0. The summed E-state index contributed by atoms with van der Waals surface area (Å²) < 4.78 is 0. The van der Waals surface area contributed by atoms with Crippen LogP contribution in [0.15, 0.2) is 24.3 Å². The van der Waals surface area contributed by atoms with E-state index in [1.807, 2.05) is 0 Å². The molecule has 0 spiro atoms. The lowest BCUT2D eigenvalue weighted by atomic mass is 9.83. The van der Waals surface area contributed by atoms with E-state index in [2.05, 4.69) is 31.2 Å². The molecular formula is C14H18O. The van der Waals surface area contributed by atoms with Gasteiger partial charge in [-0.15, -0.1) is 0 Å². The van der Waals surface area contributed by atoms with Crippen molar-refractivity contribution in [3.8, 4) is 0 Å². The van der Waals surface area contributed by atoms with Crippen LogP contribution in [0.4, 0.5) is 0 Å². The Kier molecular flexibility index (Phi) is 3.20. The molecule has 0 radical (unpaired) electrons. The maximum Gasteiger partial charge on any atom is 0.136 e. The third kappa shape index (κ3) is 2.68. The minimum Gasteiger partial charge on any atom is -0.299 e. The Hall–Kier alpha value is -1.11. The van der Waals surface area contributed by atoms with Crippen molar-refractivity contribution in [2.45, 2.75) is 39.0 Å². The van der Waals surface area contributed by atoms with Crippen LogP contribution in [0, 0.1) is 12.8 Å². The Morgan fingerprint density at radius 2 is 2.20 bits per heavy atom. The topological polar surface area (TPSA) is 17.1 Å². The predicted octanol–water partition coefficient (Wildman–Crippen LogP) is 3.30. The number of Topliss-reactive ketones (excluding diaryl/α,β-unsaturated/α-hetero) is 1. The highest BCUT2D eigenvalue weighted by Crippen LogP contribution is 2.24. The molecule has 1 atom stereocenters. The molecule has 0 aliphatic heterocycles. The minimum atomic E-state index is 0.292. The van der Waals surface area contributed by atoms with Crippen LogP contribution in [0.5, 0.6) is 0 Å². The van der Waals surface area contributed by atoms with Gasteiger partial charge in [0.2, 0.25) is 0 Å². The lowest BCUT2D eigenvalue weighted by molar-refractivity contribution is -0.124. The molecule has 1 aliphatic carbocycles. The molecule has 0 unspecified atom stereocenters. The Balaban J connectivity index is 2.04. The number of carbonyl (C=O) groups excluding carboxylic acids is 1. The van der Waals surface area contributed by atoms with Crippen LogP contribution in [0.2, 0.25) is 0 Å². The summed E-state index contributed by atoms with van der Waals surface area (Å²) in [4.78, 5) is 11.7. The van der Waals surface area contributed by atoms with E-state index in [1.54, 1.807) is 0 Å². The summed E-state index contributed by atoms with van der Waals surface area (Å²) in [5, 5.41) is 0. The zero-order valence-corrected chi connectivity index (χ0v) is 9.33. The molecule has 80 valence electrons. The molecule has 1 aliphatic rings. The fourth-order valence-electron chi connectivity index (χ4n) is 2.39. The average Bonchev–Trinajstić information content (AvgIpc) is 2.22. The molecule has 1 aromatic rings. The first-order valence-corrected chi connectivity index (χ1v) is 5.84. The molecule has 1 saturated carbocycles. The summed E-state index contributed by atoms with van der Waals surface area (Å²) in [6.07, 6.45) is 5.16. The molecule has 0 saturated heterocycles. The van der Waals surface area contributed by atoms with Crippen molar-refractivity contribution < 1.29 is 4.79 Å². The average molecular weight is 202 g/mol. The summed E-state index contributed by atoms with van der Waals surface area (Å²) in [7, 11) is 0. The second-order valence-electron chi connectivity index (χ2n) is 4.60. The van der Waals surface area contributed by atoms with E-state index in [1.165, 1.54) is 17.5 Å². The van der Waals surface area contributed by atoms with Gasteiger partial charge in [-0.25, -0.2) is 0 Å². The van der Waals surface area contributed by atoms with Gasteiger partial charge in [-0.05, 0) is 31.7 Å². The van der Waals surface area contributed by atoms with Gasteiger partial charge in [-0.3, -0.25) is 4.79 Å². The van der Waals surface area contributed by atoms with E-state index >= 15 is 0 Å². The van der Waals surface area contributed by atoms with E-state index in [4.69, 9.17) is 0 Å². The Morgan fingerprint density at radius 1 is 1.33 bits per heavy atom. The highest BCUT2D eigenvalue weighted by molar-refractivity contribution is 5.81. The van der Waals surface area contributed by atoms with Crippen LogP contribution in [-0.4, -0.2) is 5.78 Å². The second kappa shape index (κ2) is 4.61. The van der Waals surface area contributed by atoms with Gasteiger partial charge in [0.05, 0.1) is 0 Å². The lowest BCUT2D eigenvalue weighted by Crippen LogP contribution is -2.21. The van der Waals surface area contributed by atoms with Crippen molar-refractivity contribution in [1.29, 1.82) is 0 Å². The summed E-state index contributed by atoms with van der Waals surface area (Å²) >= 11 is 0. The van der Waals surface area contributed by atoms with Gasteiger partial charge in [0.1, 0.15) is 5.78 Å². The quantitative estimate of drug-likeness (QED) is 0.719. The summed E-state index contributed by atoms with van der Waals surface area (Å²) in [5.41, 5.74) is 2.60. The van der Waals surface area contributed by atoms with Gasteiger partial charge >= 0.3 is 0 Å². The summed E-state index contributed by atoms with van der Waals surface area (Å²) in [6.45, 7) is 2.10. The van der Waals surface area contributed by atoms with Crippen LogP contribution < -0.4 is 0 Å². The number of benzene rings is 1. The van der Waals surface area contributed by atoms with Gasteiger partial charge in [-0.2, -0.15) is 0 Å². The van der Waals surface area contributed by atoms with E-state index < -0.39 is 0 Å². The maximum atomic E-state index is 11.7. The van der Waals surface area contributed by atoms with Crippen LogP contribution >= 0.6 is 0 Å². The Bertz CT molecular complexity index is 354. The lowest BCUT2D eigenvalue weighted by Gasteiger charge is -2.20. The molecule has 1 fully saturated rings. The van der Waals surface area contributed by atoms with Gasteiger partial charge in [0, 0.05) is 12.3 Å². The van der Waals surface area contributed by atoms with Gasteiger partial charge in [0.25, 0.3) is 0 Å². The number of rotatable bonds is 2. The van der Waals surface area contributed by atoms with Crippen LogP contribution in [0.25, 0.3) is 0 Å². The zero-order chi connectivity index (χ0) is 10.7. The zero-order valence-electron chi connectivity index (χ0n) is 9.33. The molecule has 0 aromatic heterocycles. The van der Waals surface area contributed by atoms with Crippen LogP contribution in [0.1, 0.15) is 36.8 Å². The standard InChI is InChI=1S/C14H18O/c1-11-5-4-6-12(9-11)10-13-7-2-3-8-14(13)15/h4-6,9,13H,2-3,7-8,10H2,1H3/t13-/m0/s1. The number of carbonyl (C=O) groups is 1. The number of ketones is 1. The van der Waals surface area contributed by atoms with Crippen molar-refractivity contribution in [2.75, 3.05) is 0 Å². The first-order valence-electron chi connectivity index (χ1n) is 5.84. The van der Waals surface area contributed by atoms with Crippen molar-refractivity contribution in [3.63, 3.8) is 0 Å². The summed E-state index contributed by atoms with van der Waals surface area (Å²) in [6, 6.07) is 8.51. The van der Waals surface area contributed by atoms with Crippen molar-refractivity contribution in [3.05, 3.63) is 35.4 Å². The maximum absolute atomic E-state index is 11.7. The number of aryl methyl sites for hydroxylation is 1. The van der Waals surface area contributed by atoms with Crippen molar-refractivity contribution >= 4 is 5.78 Å². The van der Waals surface area contributed by atoms with Crippen LogP contribution in [-0.2, 0) is 11.2 Å². The highest BCUT2D eigenvalue weighted by atomic mass is 16.1. The molecule has 2 rings (SSSR count). The molecular weight excluding hydrogens is 184 g/mol. The summed E-state index contributed by atoms with van der Waals surface area (Å²) in [5.74, 6) is 0.767. The molecule has 0 amide bonds. The molecule has 0 heterocycles. The molecule has 15 heavy (non-hydrogen) atoms. The minimum absolute atomic E-state index is 0.292. The van der Waals surface area contributed by atoms with Gasteiger partial charge < -0.3 is 0 Å². The first-order chi connectivity index (χ1) is 7.25. The SMILES string of the molecule is Cc1cccc(C[C@@H]2CCCCC2=O)c1. The molecule has 0 bridgehead atoms. The van der Waals surface area contributed by atoms with Gasteiger partial charge in [0.15, 0.2) is 0 Å². The first kappa shape index (κ1) is 10.4. The molecule has 0 N–H and O–H groups in total. The Labute approximate surface area is 91.5 Å². The van der Waals surface area contributed by atoms with E-state index in [0.29, 0.717) is 11.7 Å². The van der Waals surface area contributed by atoms with Crippen molar-refractivity contribution in [2.24, 2.45) is 5.92 Å². The molecule has 1 aromatic carbocycles. The van der Waals surface area contributed by atoms with E-state index in [9.17, 15) is 4.79 Å². The van der Waals surface area contributed by atoms with E-state index in [0.717, 1.165) is 25.7 Å². The van der Waals surface area contributed by atoms with Gasteiger partial charge in [-0.1, -0.05) is 36.2 Å². The molecule has 1 nitrogen and oxygen atoms in total. The highest BCUT2D eigenvalue weighted by Gasteiger charge is 2.21. The third-order valence-corrected chi connectivity index (χ3v) is 3.25. The molecule has 1 heteroatoms. The fourth-order valence-corrected chi connectivity index (χ4v) is 2.39. The Morgan fingerprint density at radius 3 is 2.93 bits per heavy atom. The monoisotopic (exact) mass is 202 g/mol. The second-order valence-corrected chi connectivity index (χ2v) is 4.60.